The fraction of sp³-hybridized carbons (Fsp3) is 1.00. The van der Waals surface area contributed by atoms with Crippen LogP contribution in [0.25, 0.3) is 0 Å². The molecule has 0 radical (unpaired) electrons. The Hall–Kier alpha value is -0.300. The van der Waals surface area contributed by atoms with Crippen LogP contribution in [0, 0.1) is 10.8 Å². The number of fused-ring (bicyclic) bond motifs is 1. The maximum absolute atomic E-state index is 12.1. The molecule has 3 aliphatic rings. The first-order valence-electron chi connectivity index (χ1n) is 4.75. The van der Waals surface area contributed by atoms with Crippen molar-refractivity contribution in [3.8, 4) is 0 Å². The molecular weight excluding hydrogens is 233 g/mol. The minimum Gasteiger partial charge on any atom is -0.259 e. The quantitative estimate of drug-likeness (QED) is 0.547. The Morgan fingerprint density at radius 1 is 1.07 bits per heavy atom. The fourth-order valence-electron chi connectivity index (χ4n) is 2.85. The third-order valence-electron chi connectivity index (χ3n) is 4.00. The Kier molecular flexibility index (Phi) is 1.45. The zero-order chi connectivity index (χ0) is 11.1. The summed E-state index contributed by atoms with van der Waals surface area (Å²) in [5.74, 6) is 0. The lowest BCUT2D eigenvalue weighted by atomic mass is 10.3. The topological polar surface area (TPSA) is 43.4 Å². The van der Waals surface area contributed by atoms with Crippen LogP contribution in [0.2, 0.25) is 0 Å². The molecule has 0 bridgehead atoms. The summed E-state index contributed by atoms with van der Waals surface area (Å²) in [5.41, 5.74) is -5.70. The van der Waals surface area contributed by atoms with Crippen molar-refractivity contribution in [3.05, 3.63) is 0 Å². The molecule has 7 heteroatoms. The van der Waals surface area contributed by atoms with Crippen LogP contribution in [0.3, 0.4) is 0 Å². The van der Waals surface area contributed by atoms with Crippen LogP contribution in [0.1, 0.15) is 25.7 Å². The molecule has 3 rings (SSSR count). The fourth-order valence-corrected chi connectivity index (χ4v) is 3.58. The second kappa shape index (κ2) is 2.20. The lowest BCUT2D eigenvalue weighted by molar-refractivity contribution is -0.0555. The van der Waals surface area contributed by atoms with E-state index >= 15 is 0 Å². The Morgan fingerprint density at radius 3 is 1.73 bits per heavy atom. The van der Waals surface area contributed by atoms with Crippen molar-refractivity contribution >= 4 is 10.1 Å². The number of rotatable bonds is 2. The van der Waals surface area contributed by atoms with Crippen molar-refractivity contribution in [2.75, 3.05) is 0 Å². The van der Waals surface area contributed by atoms with Gasteiger partial charge in [0.1, 0.15) is 0 Å². The van der Waals surface area contributed by atoms with Gasteiger partial charge < -0.3 is 0 Å². The van der Waals surface area contributed by atoms with Crippen LogP contribution >= 0.6 is 0 Å². The number of halogens is 3. The Bertz CT molecular complexity index is 399. The summed E-state index contributed by atoms with van der Waals surface area (Å²) in [5, 5.41) is 0. The number of hydrogen-bond acceptors (Lipinski definition) is 3. The molecule has 0 aromatic carbocycles. The molecule has 0 aromatic heterocycles. The van der Waals surface area contributed by atoms with Crippen molar-refractivity contribution in [2.24, 2.45) is 10.8 Å². The third-order valence-corrected chi connectivity index (χ3v) is 5.01. The molecule has 0 amide bonds. The molecule has 3 aliphatic carbocycles. The smallest absolute Gasteiger partial charge is 0.259 e. The van der Waals surface area contributed by atoms with Crippen LogP contribution in [-0.2, 0) is 14.3 Å². The minimum absolute atomic E-state index is 0.203. The molecule has 3 nitrogen and oxygen atoms in total. The van der Waals surface area contributed by atoms with Crippen LogP contribution in [0.15, 0.2) is 0 Å². The second-order valence-electron chi connectivity index (χ2n) is 4.69. The first-order chi connectivity index (χ1) is 6.75. The molecular formula is C8H9F3O3S. The van der Waals surface area contributed by atoms with Crippen molar-refractivity contribution in [3.63, 3.8) is 0 Å². The number of alkyl halides is 3. The molecule has 3 saturated carbocycles. The summed E-state index contributed by atoms with van der Waals surface area (Å²) in [6.45, 7) is 0. The Morgan fingerprint density at radius 2 is 1.47 bits per heavy atom. The van der Waals surface area contributed by atoms with Crippen LogP contribution in [0.5, 0.6) is 0 Å². The summed E-state index contributed by atoms with van der Waals surface area (Å²) in [6, 6.07) is 0. The summed E-state index contributed by atoms with van der Waals surface area (Å²) < 4.78 is 62.0. The highest BCUT2D eigenvalue weighted by molar-refractivity contribution is 7.87. The molecule has 0 atom stereocenters. The molecule has 0 heterocycles. The molecule has 0 aliphatic heterocycles. The summed E-state index contributed by atoms with van der Waals surface area (Å²) in [7, 11) is -5.40. The highest BCUT2D eigenvalue weighted by Crippen LogP contribution is 2.89. The van der Waals surface area contributed by atoms with E-state index in [4.69, 9.17) is 0 Å². The van der Waals surface area contributed by atoms with Gasteiger partial charge in [0.25, 0.3) is 0 Å². The van der Waals surface area contributed by atoms with Gasteiger partial charge >= 0.3 is 15.6 Å². The lowest BCUT2D eigenvalue weighted by Gasteiger charge is -2.07. The third kappa shape index (κ3) is 1.03. The van der Waals surface area contributed by atoms with Gasteiger partial charge in [-0.3, -0.25) is 4.18 Å². The molecule has 0 N–H and O–H groups in total. The monoisotopic (exact) mass is 242 g/mol. The van der Waals surface area contributed by atoms with Gasteiger partial charge in [0.15, 0.2) is 0 Å². The first kappa shape index (κ1) is 9.89. The molecule has 15 heavy (non-hydrogen) atoms. The Balaban J connectivity index is 1.78. The molecule has 0 unspecified atom stereocenters. The Labute approximate surface area is 84.7 Å². The predicted octanol–water partition coefficient (Wildman–Crippen LogP) is 1.80. The van der Waals surface area contributed by atoms with E-state index in [-0.39, 0.29) is 10.8 Å². The molecule has 86 valence electrons. The van der Waals surface area contributed by atoms with Crippen LogP contribution < -0.4 is 0 Å². The van der Waals surface area contributed by atoms with Gasteiger partial charge in [0.2, 0.25) is 0 Å². The van der Waals surface area contributed by atoms with Crippen molar-refractivity contribution < 1.29 is 25.8 Å². The van der Waals surface area contributed by atoms with Gasteiger partial charge in [0.05, 0.1) is 6.10 Å². The lowest BCUT2D eigenvalue weighted by Crippen LogP contribution is -2.27. The van der Waals surface area contributed by atoms with E-state index in [1.54, 1.807) is 0 Å². The first-order valence-corrected chi connectivity index (χ1v) is 6.16. The van der Waals surface area contributed by atoms with E-state index < -0.39 is 21.7 Å². The van der Waals surface area contributed by atoms with Gasteiger partial charge in [0, 0.05) is 10.8 Å². The number of hydrogen-bond donors (Lipinski definition) is 0. The van der Waals surface area contributed by atoms with E-state index in [1.807, 2.05) is 0 Å². The van der Waals surface area contributed by atoms with Gasteiger partial charge in [-0.15, -0.1) is 0 Å². The standard InChI is InChI=1S/C8H9F3O3S/c9-8(10,11)15(12,13)14-5-6(1-2-6)7(5)3-4-7/h5H,1-4H2. The largest absolute Gasteiger partial charge is 0.523 e. The van der Waals surface area contributed by atoms with Crippen molar-refractivity contribution in [2.45, 2.75) is 37.3 Å². The zero-order valence-corrected chi connectivity index (χ0v) is 8.49. The van der Waals surface area contributed by atoms with Gasteiger partial charge in [-0.05, 0) is 25.7 Å². The highest BCUT2D eigenvalue weighted by atomic mass is 32.2. The van der Waals surface area contributed by atoms with Gasteiger partial charge in [-0.25, -0.2) is 0 Å². The molecule has 3 fully saturated rings. The second-order valence-corrected chi connectivity index (χ2v) is 6.25. The van der Waals surface area contributed by atoms with E-state index in [0.717, 1.165) is 25.7 Å². The van der Waals surface area contributed by atoms with Crippen LogP contribution in [-0.4, -0.2) is 20.0 Å². The van der Waals surface area contributed by atoms with E-state index in [1.165, 1.54) is 0 Å². The summed E-state index contributed by atoms with van der Waals surface area (Å²) in [4.78, 5) is 0. The van der Waals surface area contributed by atoms with Gasteiger partial charge in [-0.1, -0.05) is 0 Å². The molecule has 0 aromatic rings. The minimum atomic E-state index is -5.40. The summed E-state index contributed by atoms with van der Waals surface area (Å²) in [6.07, 6.45) is 2.54. The molecule has 2 spiro atoms. The van der Waals surface area contributed by atoms with Crippen molar-refractivity contribution in [1.29, 1.82) is 0 Å². The van der Waals surface area contributed by atoms with E-state index in [0.29, 0.717) is 0 Å². The predicted molar refractivity (Wildman–Crippen MR) is 43.2 cm³/mol. The van der Waals surface area contributed by atoms with Crippen molar-refractivity contribution in [1.82, 2.24) is 0 Å². The molecule has 0 saturated heterocycles. The summed E-state index contributed by atoms with van der Waals surface area (Å²) >= 11 is 0. The van der Waals surface area contributed by atoms with Crippen LogP contribution in [0.4, 0.5) is 13.2 Å². The van der Waals surface area contributed by atoms with E-state index in [9.17, 15) is 21.6 Å². The van der Waals surface area contributed by atoms with E-state index in [2.05, 4.69) is 4.18 Å². The SMILES string of the molecule is O=S(=O)(OC1C2(CC2)C12CC2)C(F)(F)F. The average molecular weight is 242 g/mol. The zero-order valence-electron chi connectivity index (χ0n) is 7.67. The normalized spacial score (nSPS) is 34.5. The maximum Gasteiger partial charge on any atom is 0.523 e. The highest BCUT2D eigenvalue weighted by Gasteiger charge is 2.89. The maximum atomic E-state index is 12.1. The average Bonchev–Trinajstić information content (AvgIpc) is 2.94. The van der Waals surface area contributed by atoms with Gasteiger partial charge in [-0.2, -0.15) is 21.6 Å².